The van der Waals surface area contributed by atoms with Crippen LogP contribution in [0.25, 0.3) is 28.3 Å². The van der Waals surface area contributed by atoms with E-state index < -0.39 is 11.6 Å². The van der Waals surface area contributed by atoms with Gasteiger partial charge >= 0.3 is 0 Å². The van der Waals surface area contributed by atoms with E-state index in [1.807, 2.05) is 72.1 Å². The number of pyridine rings is 1. The normalized spacial score (nSPS) is 13.6. The van der Waals surface area contributed by atoms with Crippen molar-refractivity contribution in [2.24, 2.45) is 0 Å². The number of hydrogen-bond donors (Lipinski definition) is 2. The lowest BCUT2D eigenvalue weighted by molar-refractivity contribution is 0.209. The first kappa shape index (κ1) is 33.0. The summed E-state index contributed by atoms with van der Waals surface area (Å²) >= 11 is 0. The number of imidazole rings is 1. The Bertz CT molecular complexity index is 2090. The molecule has 1 aliphatic heterocycles. The maximum Gasteiger partial charge on any atom is 0.227 e. The van der Waals surface area contributed by atoms with Crippen molar-refractivity contribution in [2.45, 2.75) is 33.4 Å². The lowest BCUT2D eigenvalue weighted by atomic mass is 10.0. The number of benzene rings is 3. The van der Waals surface area contributed by atoms with Gasteiger partial charge in [0, 0.05) is 68.5 Å². The van der Waals surface area contributed by atoms with E-state index in [1.165, 1.54) is 18.2 Å². The first-order valence-corrected chi connectivity index (χ1v) is 17.0. The van der Waals surface area contributed by atoms with Crippen LogP contribution in [-0.4, -0.2) is 63.1 Å². The van der Waals surface area contributed by atoms with Crippen LogP contribution >= 0.6 is 0 Å². The zero-order chi connectivity index (χ0) is 34.6. The molecule has 1 saturated heterocycles. The number of nitrogens with zero attached hydrogens (tertiary/aromatic N) is 6. The van der Waals surface area contributed by atoms with Crippen molar-refractivity contribution in [1.82, 2.24) is 24.3 Å². The van der Waals surface area contributed by atoms with Gasteiger partial charge in [0.2, 0.25) is 5.95 Å². The summed E-state index contributed by atoms with van der Waals surface area (Å²) in [5.74, 6) is -0.118. The molecule has 6 aromatic rings. The van der Waals surface area contributed by atoms with Crippen molar-refractivity contribution in [2.75, 3.05) is 48.3 Å². The second-order valence-electron chi connectivity index (χ2n) is 12.5. The highest BCUT2D eigenvalue weighted by Gasteiger charge is 2.21. The summed E-state index contributed by atoms with van der Waals surface area (Å²) in [7, 11) is 0. The first-order chi connectivity index (χ1) is 24.4. The van der Waals surface area contributed by atoms with E-state index in [9.17, 15) is 8.78 Å². The van der Waals surface area contributed by atoms with Crippen molar-refractivity contribution >= 4 is 28.7 Å². The third-order valence-corrected chi connectivity index (χ3v) is 8.98. The highest BCUT2D eigenvalue weighted by molar-refractivity contribution is 5.81. The molecular weight excluding hydrogens is 634 g/mol. The van der Waals surface area contributed by atoms with E-state index in [4.69, 9.17) is 14.7 Å². The Kier molecular flexibility index (Phi) is 9.57. The number of piperazine rings is 1. The summed E-state index contributed by atoms with van der Waals surface area (Å²) in [5, 5.41) is 6.30. The lowest BCUT2D eigenvalue weighted by Crippen LogP contribution is -2.48. The number of ether oxygens (including phenoxy) is 1. The number of aromatic nitrogens is 4. The van der Waals surface area contributed by atoms with Gasteiger partial charge in [0.15, 0.2) is 0 Å². The van der Waals surface area contributed by atoms with Gasteiger partial charge in [0.25, 0.3) is 0 Å². The standard InChI is InChI=1S/C39H40F2N8O/c1-4-50-34-24-29(48-21-19-47(20-22-48)26(2)3)14-15-32(34)44-39-42-17-16-33(45-39)38-36(46-35-13-5-6-18-49(35)38)28-10-7-9-27(23-28)25-43-37-30(40)11-8-12-31(37)41/h5-18,23-24,26,43H,4,19-22,25H2,1-3H3,(H,42,44,45). The zero-order valence-corrected chi connectivity index (χ0v) is 28.4. The van der Waals surface area contributed by atoms with Gasteiger partial charge in [0.1, 0.15) is 28.7 Å². The molecular formula is C39H40F2N8O. The predicted octanol–water partition coefficient (Wildman–Crippen LogP) is 8.02. The van der Waals surface area contributed by atoms with Crippen LogP contribution in [0.5, 0.6) is 5.75 Å². The highest BCUT2D eigenvalue weighted by Crippen LogP contribution is 2.35. The topological polar surface area (TPSA) is 82.9 Å². The summed E-state index contributed by atoms with van der Waals surface area (Å²) in [4.78, 5) is 19.4. The number of fused-ring (bicyclic) bond motifs is 1. The van der Waals surface area contributed by atoms with Crippen LogP contribution in [0, 0.1) is 11.6 Å². The minimum atomic E-state index is -0.638. The van der Waals surface area contributed by atoms with Gasteiger partial charge in [0.05, 0.1) is 29.4 Å². The van der Waals surface area contributed by atoms with E-state index in [0.29, 0.717) is 24.3 Å². The second-order valence-corrected chi connectivity index (χ2v) is 12.5. The van der Waals surface area contributed by atoms with Crippen LogP contribution < -0.4 is 20.3 Å². The Balaban J connectivity index is 1.17. The quantitative estimate of drug-likeness (QED) is 0.143. The van der Waals surface area contributed by atoms with Crippen LogP contribution in [0.4, 0.5) is 31.8 Å². The SMILES string of the molecule is CCOc1cc(N2CCN(C(C)C)CC2)ccc1Nc1nccc(-c2c(-c3cccc(CNc4c(F)cccc4F)c3)nc3ccccn23)n1. The van der Waals surface area contributed by atoms with Gasteiger partial charge in [-0.2, -0.15) is 0 Å². The van der Waals surface area contributed by atoms with Crippen molar-refractivity contribution in [3.8, 4) is 28.4 Å². The maximum atomic E-state index is 14.3. The molecule has 11 heteroatoms. The molecule has 0 spiro atoms. The van der Waals surface area contributed by atoms with Crippen molar-refractivity contribution in [1.29, 1.82) is 0 Å². The molecule has 256 valence electrons. The first-order valence-electron chi connectivity index (χ1n) is 17.0. The van der Waals surface area contributed by atoms with Crippen molar-refractivity contribution < 1.29 is 13.5 Å². The molecule has 3 aromatic heterocycles. The van der Waals surface area contributed by atoms with Gasteiger partial charge < -0.3 is 20.3 Å². The smallest absolute Gasteiger partial charge is 0.227 e. The van der Waals surface area contributed by atoms with Crippen molar-refractivity contribution in [3.63, 3.8) is 0 Å². The van der Waals surface area contributed by atoms with Crippen LogP contribution in [-0.2, 0) is 6.54 Å². The predicted molar refractivity (Wildman–Crippen MR) is 195 cm³/mol. The third-order valence-electron chi connectivity index (χ3n) is 8.98. The summed E-state index contributed by atoms with van der Waals surface area (Å²) < 4.78 is 36.6. The van der Waals surface area contributed by atoms with Crippen LogP contribution in [0.3, 0.4) is 0 Å². The molecule has 1 aliphatic rings. The maximum absolute atomic E-state index is 14.3. The Hall–Kier alpha value is -5.55. The summed E-state index contributed by atoms with van der Waals surface area (Å²) in [6.07, 6.45) is 3.68. The fourth-order valence-corrected chi connectivity index (χ4v) is 6.38. The van der Waals surface area contributed by atoms with Crippen LogP contribution in [0.15, 0.2) is 97.3 Å². The minimum Gasteiger partial charge on any atom is -0.492 e. The van der Waals surface area contributed by atoms with E-state index >= 15 is 0 Å². The number of hydrogen-bond acceptors (Lipinski definition) is 8. The molecule has 1 fully saturated rings. The van der Waals surface area contributed by atoms with Crippen molar-refractivity contribution in [3.05, 3.63) is 115 Å². The molecule has 3 aromatic carbocycles. The highest BCUT2D eigenvalue weighted by atomic mass is 19.1. The summed E-state index contributed by atoms with van der Waals surface area (Å²) in [6.45, 7) is 11.2. The number of para-hydroxylation sites is 1. The second kappa shape index (κ2) is 14.5. The number of rotatable bonds is 11. The summed E-state index contributed by atoms with van der Waals surface area (Å²) in [6, 6.07) is 26.0. The van der Waals surface area contributed by atoms with E-state index in [1.54, 1.807) is 6.20 Å². The largest absolute Gasteiger partial charge is 0.492 e. The van der Waals surface area contributed by atoms with Gasteiger partial charge in [-0.05, 0) is 74.9 Å². The van der Waals surface area contributed by atoms with E-state index in [-0.39, 0.29) is 12.2 Å². The Morgan fingerprint density at radius 3 is 2.44 bits per heavy atom. The molecule has 50 heavy (non-hydrogen) atoms. The monoisotopic (exact) mass is 674 g/mol. The third kappa shape index (κ3) is 6.95. The van der Waals surface area contributed by atoms with Crippen LogP contribution in [0.2, 0.25) is 0 Å². The average Bonchev–Trinajstić information content (AvgIpc) is 3.52. The van der Waals surface area contributed by atoms with Crippen LogP contribution in [0.1, 0.15) is 26.3 Å². The Morgan fingerprint density at radius 1 is 0.860 bits per heavy atom. The van der Waals surface area contributed by atoms with Gasteiger partial charge in [-0.15, -0.1) is 0 Å². The fourth-order valence-electron chi connectivity index (χ4n) is 6.38. The zero-order valence-electron chi connectivity index (χ0n) is 28.4. The number of anilines is 4. The Morgan fingerprint density at radius 2 is 1.66 bits per heavy atom. The molecule has 0 amide bonds. The molecule has 4 heterocycles. The number of halogens is 2. The molecule has 0 saturated carbocycles. The molecule has 2 N–H and O–H groups in total. The Labute approximate surface area is 290 Å². The fraction of sp³-hybridized carbons (Fsp3) is 0.256. The lowest BCUT2D eigenvalue weighted by Gasteiger charge is -2.38. The van der Waals surface area contributed by atoms with Gasteiger partial charge in [-0.25, -0.2) is 23.7 Å². The van der Waals surface area contributed by atoms with Gasteiger partial charge in [-0.1, -0.05) is 30.3 Å². The van der Waals surface area contributed by atoms with E-state index in [2.05, 4.69) is 51.4 Å². The minimum absolute atomic E-state index is 0.154. The molecule has 0 radical (unpaired) electrons. The average molecular weight is 675 g/mol. The van der Waals surface area contributed by atoms with E-state index in [0.717, 1.165) is 71.5 Å². The number of nitrogens with one attached hydrogen (secondary N) is 2. The summed E-state index contributed by atoms with van der Waals surface area (Å²) in [5.41, 5.74) is 6.37. The molecule has 7 rings (SSSR count). The van der Waals surface area contributed by atoms with Gasteiger partial charge in [-0.3, -0.25) is 9.30 Å². The molecule has 0 aliphatic carbocycles. The molecule has 0 bridgehead atoms. The molecule has 9 nitrogen and oxygen atoms in total. The molecule has 0 unspecified atom stereocenters. The molecule has 0 atom stereocenters.